The second kappa shape index (κ2) is 10.6. The Balaban J connectivity index is 2.72. The standard InChI is InChI=1S/C19H35N3O4/c1-6-14(2)17(15(26-5)9-12-23)22(4)16(24)13-20-18(25)19(3)10-7-8-11-21-19/h12,14-15,17,21H,6-11,13H2,1-5H3,(H,20,25)/t14-,15+,17-,19-/m0/s1. The minimum absolute atomic E-state index is 0.0585. The number of nitrogens with one attached hydrogen (secondary N) is 2. The molecule has 7 heteroatoms. The van der Waals surface area contributed by atoms with Crippen molar-refractivity contribution in [3.05, 3.63) is 0 Å². The van der Waals surface area contributed by atoms with E-state index < -0.39 is 5.54 Å². The second-order valence-electron chi connectivity index (χ2n) is 7.46. The quantitative estimate of drug-likeness (QED) is 0.563. The van der Waals surface area contributed by atoms with E-state index in [2.05, 4.69) is 10.6 Å². The maximum atomic E-state index is 12.7. The van der Waals surface area contributed by atoms with Crippen LogP contribution in [0.3, 0.4) is 0 Å². The van der Waals surface area contributed by atoms with Gasteiger partial charge in [-0.3, -0.25) is 9.59 Å². The van der Waals surface area contributed by atoms with Crippen LogP contribution in [0.5, 0.6) is 0 Å². The van der Waals surface area contributed by atoms with Gasteiger partial charge in [-0.2, -0.15) is 0 Å². The molecule has 1 rings (SSSR count). The molecule has 1 aliphatic heterocycles. The third kappa shape index (κ3) is 5.77. The maximum absolute atomic E-state index is 12.7. The Morgan fingerprint density at radius 2 is 2.08 bits per heavy atom. The molecular weight excluding hydrogens is 334 g/mol. The Kier molecular flexibility index (Phi) is 9.22. The van der Waals surface area contributed by atoms with Gasteiger partial charge >= 0.3 is 0 Å². The zero-order chi connectivity index (χ0) is 19.7. The van der Waals surface area contributed by atoms with Crippen LogP contribution in [0.25, 0.3) is 0 Å². The van der Waals surface area contributed by atoms with E-state index in [0.717, 1.165) is 38.5 Å². The smallest absolute Gasteiger partial charge is 0.242 e. The van der Waals surface area contributed by atoms with Crippen LogP contribution in [0.4, 0.5) is 0 Å². The van der Waals surface area contributed by atoms with E-state index in [9.17, 15) is 14.4 Å². The summed E-state index contributed by atoms with van der Waals surface area (Å²) >= 11 is 0. The van der Waals surface area contributed by atoms with Crippen LogP contribution < -0.4 is 10.6 Å². The number of hydrogen-bond acceptors (Lipinski definition) is 5. The number of hydrogen-bond donors (Lipinski definition) is 2. The number of rotatable bonds is 10. The molecule has 26 heavy (non-hydrogen) atoms. The van der Waals surface area contributed by atoms with Gasteiger partial charge in [0.05, 0.1) is 24.2 Å². The van der Waals surface area contributed by atoms with Crippen LogP contribution in [-0.4, -0.2) is 67.9 Å². The monoisotopic (exact) mass is 369 g/mol. The van der Waals surface area contributed by atoms with Crippen LogP contribution in [0.15, 0.2) is 0 Å². The summed E-state index contributed by atoms with van der Waals surface area (Å²) in [5, 5.41) is 6.02. The summed E-state index contributed by atoms with van der Waals surface area (Å²) in [5.74, 6) is -0.159. The normalized spacial score (nSPS) is 23.6. The molecule has 1 heterocycles. The molecule has 2 N–H and O–H groups in total. The van der Waals surface area contributed by atoms with E-state index in [1.54, 1.807) is 19.1 Å². The Bertz CT molecular complexity index is 477. The number of carbonyl (C=O) groups excluding carboxylic acids is 3. The fraction of sp³-hybridized carbons (Fsp3) is 0.842. The van der Waals surface area contributed by atoms with Crippen LogP contribution in [-0.2, 0) is 19.1 Å². The third-order valence-corrected chi connectivity index (χ3v) is 5.60. The summed E-state index contributed by atoms with van der Waals surface area (Å²) in [6.07, 6.45) is 4.39. The van der Waals surface area contributed by atoms with E-state index >= 15 is 0 Å². The molecule has 0 aromatic heterocycles. The molecule has 7 nitrogen and oxygen atoms in total. The lowest BCUT2D eigenvalue weighted by molar-refractivity contribution is -0.139. The van der Waals surface area contributed by atoms with Gasteiger partial charge < -0.3 is 25.1 Å². The van der Waals surface area contributed by atoms with Crippen molar-refractivity contribution >= 4 is 18.1 Å². The van der Waals surface area contributed by atoms with Crippen molar-refractivity contribution in [1.29, 1.82) is 0 Å². The Hall–Kier alpha value is -1.47. The van der Waals surface area contributed by atoms with E-state index in [1.165, 1.54) is 0 Å². The number of piperidine rings is 1. The SMILES string of the molecule is CC[C@H](C)[C@@H]([C@@H](CC=O)OC)N(C)C(=O)CNC(=O)[C@]1(C)CCCCN1. The largest absolute Gasteiger partial charge is 0.379 e. The van der Waals surface area contributed by atoms with Gasteiger partial charge in [-0.1, -0.05) is 20.3 Å². The van der Waals surface area contributed by atoms with Crippen molar-refractivity contribution in [2.45, 2.75) is 70.6 Å². The topological polar surface area (TPSA) is 87.7 Å². The first-order valence-electron chi connectivity index (χ1n) is 9.56. The molecule has 0 aromatic carbocycles. The first-order valence-corrected chi connectivity index (χ1v) is 9.56. The number of nitrogens with zero attached hydrogens (tertiary/aromatic N) is 1. The summed E-state index contributed by atoms with van der Waals surface area (Å²) in [5.41, 5.74) is -0.611. The predicted molar refractivity (Wildman–Crippen MR) is 101 cm³/mol. The first-order chi connectivity index (χ1) is 12.3. The molecule has 0 spiro atoms. The summed E-state index contributed by atoms with van der Waals surface area (Å²) in [6.45, 7) is 6.71. The van der Waals surface area contributed by atoms with Crippen LogP contribution >= 0.6 is 0 Å². The van der Waals surface area contributed by atoms with Crippen molar-refractivity contribution < 1.29 is 19.1 Å². The number of carbonyl (C=O) groups is 3. The fourth-order valence-electron chi connectivity index (χ4n) is 3.60. The molecule has 2 amide bonds. The molecule has 4 atom stereocenters. The summed E-state index contributed by atoms with van der Waals surface area (Å²) in [7, 11) is 3.27. The summed E-state index contributed by atoms with van der Waals surface area (Å²) in [4.78, 5) is 37.7. The molecule has 0 saturated carbocycles. The van der Waals surface area contributed by atoms with Crippen LogP contribution in [0.2, 0.25) is 0 Å². The highest BCUT2D eigenvalue weighted by atomic mass is 16.5. The minimum Gasteiger partial charge on any atom is -0.379 e. The van der Waals surface area contributed by atoms with E-state index in [0.29, 0.717) is 0 Å². The fourth-order valence-corrected chi connectivity index (χ4v) is 3.60. The molecule has 0 aliphatic carbocycles. The molecule has 0 aromatic rings. The van der Waals surface area contributed by atoms with Gasteiger partial charge in [0.25, 0.3) is 0 Å². The molecule has 150 valence electrons. The van der Waals surface area contributed by atoms with Crippen molar-refractivity contribution in [2.24, 2.45) is 5.92 Å². The Morgan fingerprint density at radius 3 is 2.58 bits per heavy atom. The minimum atomic E-state index is -0.611. The molecule has 0 bridgehead atoms. The van der Waals surface area contributed by atoms with Gasteiger partial charge in [0.2, 0.25) is 11.8 Å². The average Bonchev–Trinajstić information content (AvgIpc) is 2.65. The third-order valence-electron chi connectivity index (χ3n) is 5.60. The van der Waals surface area contributed by atoms with Crippen LogP contribution in [0, 0.1) is 5.92 Å². The van der Waals surface area contributed by atoms with E-state index in [-0.39, 0.29) is 42.8 Å². The van der Waals surface area contributed by atoms with Gasteiger partial charge in [-0.25, -0.2) is 0 Å². The summed E-state index contributed by atoms with van der Waals surface area (Å²) < 4.78 is 5.46. The number of aldehydes is 1. The second-order valence-corrected chi connectivity index (χ2v) is 7.46. The number of amides is 2. The lowest BCUT2D eigenvalue weighted by Crippen LogP contribution is -2.58. The molecule has 0 radical (unpaired) electrons. The van der Waals surface area contributed by atoms with Gasteiger partial charge in [0.1, 0.15) is 6.29 Å². The van der Waals surface area contributed by atoms with Crippen molar-refractivity contribution in [3.63, 3.8) is 0 Å². The lowest BCUT2D eigenvalue weighted by Gasteiger charge is -2.38. The van der Waals surface area contributed by atoms with Gasteiger partial charge in [0, 0.05) is 20.6 Å². The van der Waals surface area contributed by atoms with Crippen LogP contribution in [0.1, 0.15) is 52.9 Å². The molecular formula is C19H35N3O4. The van der Waals surface area contributed by atoms with Gasteiger partial charge in [-0.15, -0.1) is 0 Å². The number of ether oxygens (including phenoxy) is 1. The van der Waals surface area contributed by atoms with Crippen molar-refractivity contribution in [2.75, 3.05) is 27.2 Å². The van der Waals surface area contributed by atoms with Crippen molar-refractivity contribution in [3.8, 4) is 0 Å². The highest BCUT2D eigenvalue weighted by Crippen LogP contribution is 2.21. The van der Waals surface area contributed by atoms with Crippen molar-refractivity contribution in [1.82, 2.24) is 15.5 Å². The average molecular weight is 370 g/mol. The van der Waals surface area contributed by atoms with Gasteiger partial charge in [-0.05, 0) is 38.6 Å². The van der Waals surface area contributed by atoms with Gasteiger partial charge in [0.15, 0.2) is 0 Å². The molecule has 1 saturated heterocycles. The Morgan fingerprint density at radius 1 is 1.38 bits per heavy atom. The zero-order valence-electron chi connectivity index (χ0n) is 16.8. The number of likely N-dealkylation sites (N-methyl/N-ethyl adjacent to an activating group) is 1. The lowest BCUT2D eigenvalue weighted by atomic mass is 9.90. The number of methoxy groups -OCH3 is 1. The maximum Gasteiger partial charge on any atom is 0.242 e. The van der Waals surface area contributed by atoms with E-state index in [4.69, 9.17) is 4.74 Å². The first kappa shape index (κ1) is 22.6. The summed E-state index contributed by atoms with van der Waals surface area (Å²) in [6, 6.07) is -0.219. The molecule has 0 unspecified atom stereocenters. The zero-order valence-corrected chi connectivity index (χ0v) is 16.8. The highest BCUT2D eigenvalue weighted by molar-refractivity contribution is 5.90. The Labute approximate surface area is 157 Å². The van der Waals surface area contributed by atoms with E-state index in [1.807, 2.05) is 20.8 Å². The molecule has 1 fully saturated rings. The predicted octanol–water partition coefficient (Wildman–Crippen LogP) is 1.11. The molecule has 1 aliphatic rings. The highest BCUT2D eigenvalue weighted by Gasteiger charge is 2.36.